The maximum Gasteiger partial charge on any atom is 0.416 e. The molecule has 0 aliphatic carbocycles. The molecule has 2 unspecified atom stereocenters. The van der Waals surface area contributed by atoms with Crippen molar-refractivity contribution in [2.24, 2.45) is 13.0 Å². The highest BCUT2D eigenvalue weighted by molar-refractivity contribution is 5.85. The molecule has 13 heteroatoms. The highest BCUT2D eigenvalue weighted by Gasteiger charge is 2.39. The molecule has 1 amide bonds. The predicted molar refractivity (Wildman–Crippen MR) is 154 cm³/mol. The molecule has 240 valence electrons. The molecular formula is C31H35ClF6N4O2. The quantitative estimate of drug-likeness (QED) is 0.269. The van der Waals surface area contributed by atoms with Crippen molar-refractivity contribution < 1.29 is 35.9 Å². The molecule has 1 aromatic heterocycles. The lowest BCUT2D eigenvalue weighted by molar-refractivity contribution is -0.143. The molecule has 6 nitrogen and oxygen atoms in total. The number of likely N-dealkylation sites (tertiary alicyclic amines) is 2. The van der Waals surface area contributed by atoms with Crippen LogP contribution in [0.5, 0.6) is 0 Å². The normalized spacial score (nSPS) is 20.4. The van der Waals surface area contributed by atoms with Gasteiger partial charge in [0.1, 0.15) is 5.82 Å². The molecule has 2 aromatic carbocycles. The van der Waals surface area contributed by atoms with Gasteiger partial charge in [0, 0.05) is 44.4 Å². The van der Waals surface area contributed by atoms with Crippen molar-refractivity contribution in [3.8, 4) is 0 Å². The van der Waals surface area contributed by atoms with Crippen molar-refractivity contribution in [2.45, 2.75) is 56.8 Å². The summed E-state index contributed by atoms with van der Waals surface area (Å²) in [4.78, 5) is 22.1. The smallest absolute Gasteiger partial charge is 0.373 e. The van der Waals surface area contributed by atoms with Crippen LogP contribution in [0.1, 0.15) is 53.3 Å². The van der Waals surface area contributed by atoms with E-state index in [1.807, 2.05) is 53.0 Å². The number of aromatic nitrogens is 2. The first kappa shape index (κ1) is 33.8. The van der Waals surface area contributed by atoms with Crippen molar-refractivity contribution in [1.82, 2.24) is 19.4 Å². The van der Waals surface area contributed by atoms with E-state index >= 15 is 0 Å². The van der Waals surface area contributed by atoms with E-state index in [1.54, 1.807) is 6.20 Å². The van der Waals surface area contributed by atoms with Crippen LogP contribution in [-0.4, -0.2) is 57.5 Å². The van der Waals surface area contributed by atoms with Gasteiger partial charge in [-0.3, -0.25) is 9.69 Å². The van der Waals surface area contributed by atoms with Gasteiger partial charge in [-0.05, 0) is 61.7 Å². The Hall–Kier alpha value is -3.09. The fraction of sp³-hybridized carbons (Fsp3) is 0.484. The Kier molecular flexibility index (Phi) is 10.7. The van der Waals surface area contributed by atoms with Crippen LogP contribution in [0.3, 0.4) is 0 Å². The summed E-state index contributed by atoms with van der Waals surface area (Å²) in [5, 5.41) is 0. The first-order valence-corrected chi connectivity index (χ1v) is 14.3. The van der Waals surface area contributed by atoms with Crippen LogP contribution in [-0.2, 0) is 42.1 Å². The standard InChI is InChI=1S/C31H34F6N4O2.ClH/c1-39-14-10-38-28(39)19-40-11-7-23(8-12-40)29(42)41-13-9-27(26(18-41)22-5-3-2-4-6-22)43-20-21-15-24(30(32,33)34)17-25(16-21)31(35,36)37;/h2-6,10,14-17,23,26-27H,7-9,11-13,18-20H2,1H3;1H. The molecule has 44 heavy (non-hydrogen) atoms. The van der Waals surface area contributed by atoms with E-state index in [0.717, 1.165) is 43.9 Å². The second-order valence-electron chi connectivity index (χ2n) is 11.4. The van der Waals surface area contributed by atoms with E-state index in [-0.39, 0.29) is 41.8 Å². The summed E-state index contributed by atoms with van der Waals surface area (Å²) in [6.07, 6.45) is -4.81. The van der Waals surface area contributed by atoms with Crippen molar-refractivity contribution in [2.75, 3.05) is 26.2 Å². The van der Waals surface area contributed by atoms with Crippen molar-refractivity contribution in [1.29, 1.82) is 0 Å². The number of benzene rings is 2. The van der Waals surface area contributed by atoms with E-state index in [2.05, 4.69) is 9.88 Å². The van der Waals surface area contributed by atoms with Crippen LogP contribution in [0.2, 0.25) is 0 Å². The number of ether oxygens (including phenoxy) is 1. The van der Waals surface area contributed by atoms with Gasteiger partial charge in [0.2, 0.25) is 5.91 Å². The summed E-state index contributed by atoms with van der Waals surface area (Å²) < 4.78 is 88.2. The summed E-state index contributed by atoms with van der Waals surface area (Å²) in [7, 11) is 1.95. The Morgan fingerprint density at radius 3 is 2.14 bits per heavy atom. The van der Waals surface area contributed by atoms with E-state index < -0.39 is 36.2 Å². The topological polar surface area (TPSA) is 50.6 Å². The molecule has 3 heterocycles. The number of halogens is 7. The highest BCUT2D eigenvalue weighted by atomic mass is 35.5. The maximum absolute atomic E-state index is 13.6. The van der Waals surface area contributed by atoms with Crippen LogP contribution in [0.15, 0.2) is 60.9 Å². The molecular weight excluding hydrogens is 610 g/mol. The van der Waals surface area contributed by atoms with E-state index in [9.17, 15) is 31.1 Å². The fourth-order valence-corrected chi connectivity index (χ4v) is 6.00. The Labute approximate surface area is 258 Å². The number of carbonyl (C=O) groups is 1. The number of nitrogens with zero attached hydrogens (tertiary/aromatic N) is 4. The molecule has 0 radical (unpaired) electrons. The number of imidazole rings is 1. The number of hydrogen-bond acceptors (Lipinski definition) is 4. The van der Waals surface area contributed by atoms with Crippen molar-refractivity contribution >= 4 is 18.3 Å². The number of piperidine rings is 2. The molecule has 2 fully saturated rings. The lowest BCUT2D eigenvalue weighted by Gasteiger charge is -2.41. The minimum atomic E-state index is -4.93. The average Bonchev–Trinajstić information content (AvgIpc) is 3.39. The minimum Gasteiger partial charge on any atom is -0.373 e. The molecule has 2 saturated heterocycles. The van der Waals surface area contributed by atoms with Gasteiger partial charge in [0.25, 0.3) is 0 Å². The van der Waals surface area contributed by atoms with Gasteiger partial charge in [0.15, 0.2) is 0 Å². The zero-order valence-corrected chi connectivity index (χ0v) is 25.0. The van der Waals surface area contributed by atoms with Crippen LogP contribution in [0, 0.1) is 5.92 Å². The molecule has 3 aromatic rings. The monoisotopic (exact) mass is 644 g/mol. The third-order valence-corrected chi connectivity index (χ3v) is 8.42. The van der Waals surface area contributed by atoms with Crippen LogP contribution in [0.25, 0.3) is 0 Å². The molecule has 2 atom stereocenters. The number of aryl methyl sites for hydroxylation is 1. The molecule has 0 N–H and O–H groups in total. The second kappa shape index (κ2) is 13.9. The second-order valence-corrected chi connectivity index (χ2v) is 11.4. The first-order valence-electron chi connectivity index (χ1n) is 14.3. The summed E-state index contributed by atoms with van der Waals surface area (Å²) in [6, 6.07) is 10.9. The summed E-state index contributed by atoms with van der Waals surface area (Å²) >= 11 is 0. The number of carbonyl (C=O) groups excluding carboxylic acids is 1. The molecule has 2 aliphatic heterocycles. The average molecular weight is 645 g/mol. The van der Waals surface area contributed by atoms with Gasteiger partial charge >= 0.3 is 12.4 Å². The van der Waals surface area contributed by atoms with Crippen molar-refractivity contribution in [3.05, 3.63) is 89.0 Å². The highest BCUT2D eigenvalue weighted by Crippen LogP contribution is 2.37. The first-order chi connectivity index (χ1) is 20.4. The summed E-state index contributed by atoms with van der Waals surface area (Å²) in [5.74, 6) is 0.647. The van der Waals surface area contributed by atoms with Gasteiger partial charge in [-0.15, -0.1) is 12.4 Å². The van der Waals surface area contributed by atoms with Crippen LogP contribution >= 0.6 is 12.4 Å². The van der Waals surface area contributed by atoms with Crippen molar-refractivity contribution in [3.63, 3.8) is 0 Å². The van der Waals surface area contributed by atoms with Gasteiger partial charge in [-0.2, -0.15) is 26.3 Å². The predicted octanol–water partition coefficient (Wildman–Crippen LogP) is 6.69. The summed E-state index contributed by atoms with van der Waals surface area (Å²) in [5.41, 5.74) is -2.04. The van der Waals surface area contributed by atoms with E-state index in [0.29, 0.717) is 31.6 Å². The van der Waals surface area contributed by atoms with Gasteiger partial charge in [-0.25, -0.2) is 4.98 Å². The zero-order chi connectivity index (χ0) is 30.8. The number of rotatable bonds is 7. The SMILES string of the molecule is Cl.Cn1ccnc1CN1CCC(C(=O)N2CCC(OCc3cc(C(F)(F)F)cc(C(F)(F)F)c3)C(c3ccccc3)C2)CC1. The summed E-state index contributed by atoms with van der Waals surface area (Å²) in [6.45, 7) is 2.63. The van der Waals surface area contributed by atoms with E-state index in [1.165, 1.54) is 0 Å². The fourth-order valence-electron chi connectivity index (χ4n) is 6.00. The number of amides is 1. The molecule has 5 rings (SSSR count). The van der Waals surface area contributed by atoms with Gasteiger partial charge < -0.3 is 14.2 Å². The van der Waals surface area contributed by atoms with Crippen LogP contribution in [0.4, 0.5) is 26.3 Å². The maximum atomic E-state index is 13.6. The van der Waals surface area contributed by atoms with Gasteiger partial charge in [0.05, 0.1) is 30.4 Å². The molecule has 2 aliphatic rings. The molecule has 0 spiro atoms. The Morgan fingerprint density at radius 1 is 0.932 bits per heavy atom. The zero-order valence-electron chi connectivity index (χ0n) is 24.2. The third kappa shape index (κ3) is 8.13. The van der Waals surface area contributed by atoms with Crippen LogP contribution < -0.4 is 0 Å². The number of hydrogen-bond donors (Lipinski definition) is 0. The third-order valence-electron chi connectivity index (χ3n) is 8.42. The lowest BCUT2D eigenvalue weighted by Crippen LogP contribution is -2.49. The van der Waals surface area contributed by atoms with E-state index in [4.69, 9.17) is 4.74 Å². The number of alkyl halides is 6. The Balaban J connectivity index is 0.00000442. The Bertz CT molecular complexity index is 1360. The van der Waals surface area contributed by atoms with Gasteiger partial charge in [-0.1, -0.05) is 30.3 Å². The lowest BCUT2D eigenvalue weighted by atomic mass is 9.86. The largest absolute Gasteiger partial charge is 0.416 e. The molecule has 0 saturated carbocycles. The minimum absolute atomic E-state index is 0. The molecule has 0 bridgehead atoms. The Morgan fingerprint density at radius 2 is 1.57 bits per heavy atom.